The van der Waals surface area contributed by atoms with Gasteiger partial charge in [0, 0.05) is 18.9 Å². The number of aromatic nitrogens is 3. The first kappa shape index (κ1) is 13.0. The van der Waals surface area contributed by atoms with E-state index in [0.717, 1.165) is 0 Å². The molecule has 1 N–H and O–H groups in total. The standard InChI is InChI=1S/C15H12N4O2/c1-19-9-17-12-6-5-10(8-11(12)15(19)21)18-14(20)13-4-2-3-7-16-13/h2-9H,1H3,(H,18,20). The number of amides is 1. The number of fused-ring (bicyclic) bond motifs is 1. The summed E-state index contributed by atoms with van der Waals surface area (Å²) in [5, 5.41) is 3.18. The van der Waals surface area contributed by atoms with Crippen LogP contribution in [0.4, 0.5) is 5.69 Å². The number of hydrogen-bond acceptors (Lipinski definition) is 4. The van der Waals surface area contributed by atoms with Crippen LogP contribution in [0.3, 0.4) is 0 Å². The van der Waals surface area contributed by atoms with Gasteiger partial charge in [0.15, 0.2) is 0 Å². The van der Waals surface area contributed by atoms with Crippen LogP contribution in [0.5, 0.6) is 0 Å². The minimum Gasteiger partial charge on any atom is -0.321 e. The maximum absolute atomic E-state index is 12.0. The Morgan fingerprint density at radius 1 is 1.19 bits per heavy atom. The Morgan fingerprint density at radius 3 is 2.81 bits per heavy atom. The molecule has 0 aliphatic heterocycles. The van der Waals surface area contributed by atoms with Crippen molar-refractivity contribution in [3.8, 4) is 0 Å². The van der Waals surface area contributed by atoms with E-state index in [9.17, 15) is 9.59 Å². The highest BCUT2D eigenvalue weighted by molar-refractivity contribution is 6.03. The molecule has 3 rings (SSSR count). The Balaban J connectivity index is 1.97. The molecule has 6 nitrogen and oxygen atoms in total. The number of carbonyl (C=O) groups is 1. The number of anilines is 1. The van der Waals surface area contributed by atoms with Gasteiger partial charge in [0.25, 0.3) is 11.5 Å². The first-order valence-electron chi connectivity index (χ1n) is 6.33. The molecule has 0 unspecified atom stereocenters. The van der Waals surface area contributed by atoms with Crippen molar-refractivity contribution in [1.29, 1.82) is 0 Å². The maximum Gasteiger partial charge on any atom is 0.274 e. The summed E-state index contributed by atoms with van der Waals surface area (Å²) in [4.78, 5) is 32.2. The molecule has 0 saturated carbocycles. The molecule has 6 heteroatoms. The third kappa shape index (κ3) is 2.51. The highest BCUT2D eigenvalue weighted by Crippen LogP contribution is 2.14. The molecule has 104 valence electrons. The zero-order valence-corrected chi connectivity index (χ0v) is 11.3. The highest BCUT2D eigenvalue weighted by atomic mass is 16.2. The second kappa shape index (κ2) is 5.16. The van der Waals surface area contributed by atoms with E-state index in [1.54, 1.807) is 49.6 Å². The number of benzene rings is 1. The van der Waals surface area contributed by atoms with Crippen LogP contribution in [0.15, 0.2) is 53.7 Å². The van der Waals surface area contributed by atoms with Crippen LogP contribution in [0, 0.1) is 0 Å². The molecule has 0 fully saturated rings. The largest absolute Gasteiger partial charge is 0.321 e. The lowest BCUT2D eigenvalue weighted by Crippen LogP contribution is -2.18. The molecule has 0 radical (unpaired) electrons. The van der Waals surface area contributed by atoms with Crippen molar-refractivity contribution in [3.63, 3.8) is 0 Å². The van der Waals surface area contributed by atoms with Crippen LogP contribution >= 0.6 is 0 Å². The molecule has 0 spiro atoms. The first-order valence-corrected chi connectivity index (χ1v) is 6.33. The van der Waals surface area contributed by atoms with E-state index in [4.69, 9.17) is 0 Å². The predicted molar refractivity (Wildman–Crippen MR) is 79.2 cm³/mol. The minimum atomic E-state index is -0.323. The van der Waals surface area contributed by atoms with Crippen molar-refractivity contribution in [3.05, 3.63) is 65.0 Å². The molecule has 1 amide bonds. The molecular weight excluding hydrogens is 268 g/mol. The lowest BCUT2D eigenvalue weighted by Gasteiger charge is -2.06. The smallest absolute Gasteiger partial charge is 0.274 e. The van der Waals surface area contributed by atoms with Crippen molar-refractivity contribution in [1.82, 2.24) is 14.5 Å². The molecule has 0 atom stereocenters. The van der Waals surface area contributed by atoms with Crippen LogP contribution in [0.25, 0.3) is 10.9 Å². The van der Waals surface area contributed by atoms with Crippen molar-refractivity contribution < 1.29 is 4.79 Å². The van der Waals surface area contributed by atoms with E-state index in [-0.39, 0.29) is 11.5 Å². The quantitative estimate of drug-likeness (QED) is 0.773. The molecule has 1 aromatic carbocycles. The Kier molecular flexibility index (Phi) is 3.19. The van der Waals surface area contributed by atoms with Gasteiger partial charge in [-0.3, -0.25) is 14.6 Å². The fourth-order valence-electron chi connectivity index (χ4n) is 1.98. The first-order chi connectivity index (χ1) is 10.1. The summed E-state index contributed by atoms with van der Waals surface area (Å²) in [5.74, 6) is -0.323. The zero-order chi connectivity index (χ0) is 14.8. The van der Waals surface area contributed by atoms with Gasteiger partial charge >= 0.3 is 0 Å². The Morgan fingerprint density at radius 2 is 2.05 bits per heavy atom. The summed E-state index contributed by atoms with van der Waals surface area (Å²) >= 11 is 0. The minimum absolute atomic E-state index is 0.158. The topological polar surface area (TPSA) is 76.9 Å². The number of pyridine rings is 1. The van der Waals surface area contributed by atoms with E-state index < -0.39 is 0 Å². The Hall–Kier alpha value is -3.02. The van der Waals surface area contributed by atoms with Gasteiger partial charge in [-0.1, -0.05) is 6.07 Å². The molecule has 0 saturated heterocycles. The third-order valence-electron chi connectivity index (χ3n) is 3.07. The van der Waals surface area contributed by atoms with Crippen LogP contribution < -0.4 is 10.9 Å². The summed E-state index contributed by atoms with van der Waals surface area (Å²) in [7, 11) is 1.63. The SMILES string of the molecule is Cn1cnc2ccc(NC(=O)c3ccccn3)cc2c1=O. The zero-order valence-electron chi connectivity index (χ0n) is 11.3. The van der Waals surface area contributed by atoms with Gasteiger partial charge in [-0.05, 0) is 30.3 Å². The summed E-state index contributed by atoms with van der Waals surface area (Å²) in [6.07, 6.45) is 3.02. The normalized spacial score (nSPS) is 10.5. The van der Waals surface area contributed by atoms with E-state index in [1.165, 1.54) is 10.9 Å². The fourth-order valence-corrected chi connectivity index (χ4v) is 1.98. The van der Waals surface area contributed by atoms with Gasteiger partial charge in [0.1, 0.15) is 5.69 Å². The van der Waals surface area contributed by atoms with Crippen LogP contribution in [0.2, 0.25) is 0 Å². The average Bonchev–Trinajstić information content (AvgIpc) is 2.52. The monoisotopic (exact) mass is 280 g/mol. The average molecular weight is 280 g/mol. The van der Waals surface area contributed by atoms with E-state index in [0.29, 0.717) is 22.3 Å². The van der Waals surface area contributed by atoms with Gasteiger partial charge < -0.3 is 9.88 Å². The van der Waals surface area contributed by atoms with Crippen molar-refractivity contribution >= 4 is 22.5 Å². The molecular formula is C15H12N4O2. The molecule has 0 aliphatic carbocycles. The molecule has 3 aromatic rings. The summed E-state index contributed by atoms with van der Waals surface area (Å²) in [6, 6.07) is 10.1. The van der Waals surface area contributed by atoms with Gasteiger partial charge in [-0.25, -0.2) is 4.98 Å². The van der Waals surface area contributed by atoms with Crippen molar-refractivity contribution in [2.45, 2.75) is 0 Å². The fraction of sp³-hybridized carbons (Fsp3) is 0.0667. The van der Waals surface area contributed by atoms with Gasteiger partial charge in [-0.15, -0.1) is 0 Å². The molecule has 0 bridgehead atoms. The van der Waals surface area contributed by atoms with Gasteiger partial charge in [-0.2, -0.15) is 0 Å². The lowest BCUT2D eigenvalue weighted by atomic mass is 10.2. The predicted octanol–water partition coefficient (Wildman–Crippen LogP) is 1.58. The number of aryl methyl sites for hydroxylation is 1. The number of nitrogens with one attached hydrogen (secondary N) is 1. The molecule has 2 heterocycles. The van der Waals surface area contributed by atoms with E-state index in [1.807, 2.05) is 0 Å². The van der Waals surface area contributed by atoms with Gasteiger partial charge in [0.05, 0.1) is 17.2 Å². The van der Waals surface area contributed by atoms with Gasteiger partial charge in [0.2, 0.25) is 0 Å². The second-order valence-electron chi connectivity index (χ2n) is 4.56. The summed E-state index contributed by atoms with van der Waals surface area (Å²) in [5.41, 5.74) is 1.28. The second-order valence-corrected chi connectivity index (χ2v) is 4.56. The Bertz CT molecular complexity index is 872. The van der Waals surface area contributed by atoms with E-state index in [2.05, 4.69) is 15.3 Å². The number of nitrogens with zero attached hydrogens (tertiary/aromatic N) is 3. The number of hydrogen-bond donors (Lipinski definition) is 1. The van der Waals surface area contributed by atoms with Crippen LogP contribution in [-0.4, -0.2) is 20.4 Å². The molecule has 2 aromatic heterocycles. The Labute approximate surface area is 120 Å². The van der Waals surface area contributed by atoms with Crippen molar-refractivity contribution in [2.24, 2.45) is 7.05 Å². The highest BCUT2D eigenvalue weighted by Gasteiger charge is 2.08. The summed E-state index contributed by atoms with van der Waals surface area (Å²) in [6.45, 7) is 0. The van der Waals surface area contributed by atoms with E-state index >= 15 is 0 Å². The number of carbonyl (C=O) groups excluding carboxylic acids is 1. The molecule has 21 heavy (non-hydrogen) atoms. The van der Waals surface area contributed by atoms with Crippen molar-refractivity contribution in [2.75, 3.05) is 5.32 Å². The molecule has 0 aliphatic rings. The lowest BCUT2D eigenvalue weighted by molar-refractivity contribution is 0.102. The number of rotatable bonds is 2. The third-order valence-corrected chi connectivity index (χ3v) is 3.07. The van der Waals surface area contributed by atoms with Crippen LogP contribution in [-0.2, 0) is 7.05 Å². The maximum atomic E-state index is 12.0. The van der Waals surface area contributed by atoms with Crippen LogP contribution in [0.1, 0.15) is 10.5 Å². The summed E-state index contributed by atoms with van der Waals surface area (Å²) < 4.78 is 1.40.